The first-order valence-corrected chi connectivity index (χ1v) is 7.28. The number of rotatable bonds is 1. The van der Waals surface area contributed by atoms with E-state index >= 15 is 0 Å². The van der Waals surface area contributed by atoms with Gasteiger partial charge in [-0.1, -0.05) is 24.3 Å². The van der Waals surface area contributed by atoms with Crippen LogP contribution in [0.5, 0.6) is 0 Å². The predicted molar refractivity (Wildman–Crippen MR) is 87.6 cm³/mol. The SMILES string of the molecule is C/C(=C1\OC(=O)N(C)C1=O)c1ccc2[nH]c3ccccc3c2c1. The summed E-state index contributed by atoms with van der Waals surface area (Å²) in [6.07, 6.45) is -0.641. The number of carbonyl (C=O) groups is 2. The van der Waals surface area contributed by atoms with Gasteiger partial charge in [0.2, 0.25) is 5.76 Å². The van der Waals surface area contributed by atoms with Gasteiger partial charge in [-0.25, -0.2) is 9.69 Å². The third kappa shape index (κ3) is 1.93. The molecule has 1 fully saturated rings. The molecule has 2 heterocycles. The minimum atomic E-state index is -0.641. The second kappa shape index (κ2) is 4.71. The van der Waals surface area contributed by atoms with Crippen molar-refractivity contribution in [3.05, 3.63) is 53.8 Å². The van der Waals surface area contributed by atoms with Crippen LogP contribution in [0, 0.1) is 0 Å². The summed E-state index contributed by atoms with van der Waals surface area (Å²) >= 11 is 0. The summed E-state index contributed by atoms with van der Waals surface area (Å²) in [4.78, 5) is 27.9. The zero-order valence-electron chi connectivity index (χ0n) is 12.7. The van der Waals surface area contributed by atoms with Gasteiger partial charge in [0.15, 0.2) is 0 Å². The van der Waals surface area contributed by atoms with Crippen LogP contribution >= 0.6 is 0 Å². The number of ether oxygens (including phenoxy) is 1. The molecule has 0 atom stereocenters. The molecule has 3 aromatic rings. The average molecular weight is 306 g/mol. The number of benzene rings is 2. The van der Waals surface area contributed by atoms with Crippen molar-refractivity contribution in [3.8, 4) is 0 Å². The maximum Gasteiger partial charge on any atom is 0.422 e. The van der Waals surface area contributed by atoms with Crippen molar-refractivity contribution >= 4 is 39.4 Å². The molecule has 0 saturated carbocycles. The van der Waals surface area contributed by atoms with Gasteiger partial charge in [-0.15, -0.1) is 0 Å². The Balaban J connectivity index is 1.91. The van der Waals surface area contributed by atoms with Gasteiger partial charge < -0.3 is 9.72 Å². The first kappa shape index (κ1) is 13.6. The van der Waals surface area contributed by atoms with Crippen LogP contribution in [-0.2, 0) is 9.53 Å². The highest BCUT2D eigenvalue weighted by molar-refractivity contribution is 6.12. The lowest BCUT2D eigenvalue weighted by molar-refractivity contribution is -0.122. The zero-order valence-corrected chi connectivity index (χ0v) is 12.7. The third-order valence-electron chi connectivity index (χ3n) is 4.24. The largest absolute Gasteiger partial charge is 0.422 e. The molecule has 0 unspecified atom stereocenters. The van der Waals surface area contributed by atoms with E-state index in [0.29, 0.717) is 5.57 Å². The number of aromatic amines is 1. The minimum absolute atomic E-state index is 0.0942. The van der Waals surface area contributed by atoms with E-state index in [9.17, 15) is 9.59 Å². The van der Waals surface area contributed by atoms with Gasteiger partial charge in [0, 0.05) is 34.4 Å². The normalized spacial score (nSPS) is 17.2. The highest BCUT2D eigenvalue weighted by Gasteiger charge is 2.35. The van der Waals surface area contributed by atoms with Crippen LogP contribution in [0.15, 0.2) is 48.2 Å². The molecule has 5 nitrogen and oxygen atoms in total. The van der Waals surface area contributed by atoms with Crippen molar-refractivity contribution in [2.24, 2.45) is 0 Å². The number of hydrogen-bond acceptors (Lipinski definition) is 3. The van der Waals surface area contributed by atoms with Crippen LogP contribution in [-0.4, -0.2) is 28.9 Å². The number of nitrogens with one attached hydrogen (secondary N) is 1. The fourth-order valence-electron chi connectivity index (χ4n) is 2.88. The van der Waals surface area contributed by atoms with Crippen LogP contribution < -0.4 is 0 Å². The Morgan fingerprint density at radius 3 is 2.52 bits per heavy atom. The first-order valence-electron chi connectivity index (χ1n) is 7.28. The summed E-state index contributed by atoms with van der Waals surface area (Å²) in [5.74, 6) is -0.316. The lowest BCUT2D eigenvalue weighted by Gasteiger charge is -2.04. The topological polar surface area (TPSA) is 62.4 Å². The van der Waals surface area contributed by atoms with Crippen molar-refractivity contribution in [1.29, 1.82) is 0 Å². The lowest BCUT2D eigenvalue weighted by atomic mass is 10.0. The summed E-state index contributed by atoms with van der Waals surface area (Å²) in [7, 11) is 1.41. The van der Waals surface area contributed by atoms with Crippen molar-refractivity contribution < 1.29 is 14.3 Å². The Labute approximate surface area is 132 Å². The number of allylic oxidation sites excluding steroid dienone is 1. The van der Waals surface area contributed by atoms with Gasteiger partial charge in [-0.3, -0.25) is 4.79 Å². The average Bonchev–Trinajstić information content (AvgIpc) is 3.06. The number of cyclic esters (lactones) is 1. The van der Waals surface area contributed by atoms with Crippen molar-refractivity contribution in [3.63, 3.8) is 0 Å². The summed E-state index contributed by atoms with van der Waals surface area (Å²) in [5, 5.41) is 2.19. The van der Waals surface area contributed by atoms with Crippen LogP contribution in [0.3, 0.4) is 0 Å². The molecule has 1 saturated heterocycles. The Morgan fingerprint density at radius 2 is 1.78 bits per heavy atom. The Bertz CT molecular complexity index is 1010. The number of carbonyl (C=O) groups excluding carboxylic acids is 2. The third-order valence-corrected chi connectivity index (χ3v) is 4.24. The number of imide groups is 1. The van der Waals surface area contributed by atoms with Gasteiger partial charge in [-0.2, -0.15) is 0 Å². The fourth-order valence-corrected chi connectivity index (χ4v) is 2.88. The number of H-pyrrole nitrogens is 1. The maximum atomic E-state index is 12.1. The Kier molecular flexibility index (Phi) is 2.78. The molecule has 1 aromatic heterocycles. The van der Waals surface area contributed by atoms with E-state index in [1.165, 1.54) is 7.05 Å². The quantitative estimate of drug-likeness (QED) is 0.698. The summed E-state index contributed by atoms with van der Waals surface area (Å²) in [6.45, 7) is 1.79. The van der Waals surface area contributed by atoms with E-state index in [0.717, 1.165) is 32.3 Å². The van der Waals surface area contributed by atoms with Gasteiger partial charge in [0.25, 0.3) is 5.91 Å². The van der Waals surface area contributed by atoms with Crippen molar-refractivity contribution in [2.45, 2.75) is 6.92 Å². The van der Waals surface area contributed by atoms with Crippen LogP contribution in [0.1, 0.15) is 12.5 Å². The molecule has 1 aliphatic heterocycles. The molecule has 4 rings (SSSR count). The van der Waals surface area contributed by atoms with Gasteiger partial charge in [0.1, 0.15) is 0 Å². The summed E-state index contributed by atoms with van der Waals surface area (Å²) in [5.41, 5.74) is 3.60. The molecule has 2 amide bonds. The van der Waals surface area contributed by atoms with Gasteiger partial charge in [-0.05, 0) is 30.7 Å². The molecule has 0 aliphatic carbocycles. The fraction of sp³-hybridized carbons (Fsp3) is 0.111. The smallest absolute Gasteiger partial charge is 0.404 e. The lowest BCUT2D eigenvalue weighted by Crippen LogP contribution is -2.23. The van der Waals surface area contributed by atoms with Gasteiger partial charge >= 0.3 is 6.09 Å². The zero-order chi connectivity index (χ0) is 16.1. The predicted octanol–water partition coefficient (Wildman–Crippen LogP) is 3.66. The molecule has 0 radical (unpaired) electrons. The molecule has 1 N–H and O–H groups in total. The number of likely N-dealkylation sites (N-methyl/N-ethyl adjacent to an activating group) is 1. The Hall–Kier alpha value is -3.08. The molecular weight excluding hydrogens is 292 g/mol. The monoisotopic (exact) mass is 306 g/mol. The molecular formula is C18H14N2O3. The van der Waals surface area contributed by atoms with Crippen LogP contribution in [0.25, 0.3) is 27.4 Å². The number of para-hydroxylation sites is 1. The number of nitrogens with zero attached hydrogens (tertiary/aromatic N) is 1. The van der Waals surface area contributed by atoms with Crippen LogP contribution in [0.4, 0.5) is 4.79 Å². The molecule has 5 heteroatoms. The molecule has 2 aromatic carbocycles. The van der Waals surface area contributed by atoms with Gasteiger partial charge in [0.05, 0.1) is 0 Å². The highest BCUT2D eigenvalue weighted by atomic mass is 16.6. The second-order valence-corrected chi connectivity index (χ2v) is 5.62. The molecule has 114 valence electrons. The standard InChI is InChI=1S/C18H14N2O3/c1-10(16-17(21)20(2)18(22)23-16)11-7-8-15-13(9-11)12-5-3-4-6-14(12)19-15/h3-9,19H,1-2H3/b16-10+. The molecule has 0 spiro atoms. The highest BCUT2D eigenvalue weighted by Crippen LogP contribution is 2.31. The minimum Gasteiger partial charge on any atom is -0.404 e. The van der Waals surface area contributed by atoms with Crippen molar-refractivity contribution in [1.82, 2.24) is 9.88 Å². The van der Waals surface area contributed by atoms with E-state index in [2.05, 4.69) is 11.1 Å². The molecule has 1 aliphatic rings. The summed E-state index contributed by atoms with van der Waals surface area (Å²) in [6, 6.07) is 13.9. The summed E-state index contributed by atoms with van der Waals surface area (Å²) < 4.78 is 5.09. The number of fused-ring (bicyclic) bond motifs is 3. The van der Waals surface area contributed by atoms with E-state index in [-0.39, 0.29) is 5.76 Å². The maximum absolute atomic E-state index is 12.1. The number of aromatic nitrogens is 1. The number of hydrogen-bond donors (Lipinski definition) is 1. The first-order chi connectivity index (χ1) is 11.1. The van der Waals surface area contributed by atoms with E-state index < -0.39 is 12.0 Å². The Morgan fingerprint density at radius 1 is 1.04 bits per heavy atom. The number of amides is 2. The molecule has 23 heavy (non-hydrogen) atoms. The van der Waals surface area contributed by atoms with E-state index in [1.807, 2.05) is 36.4 Å². The van der Waals surface area contributed by atoms with Crippen LogP contribution in [0.2, 0.25) is 0 Å². The molecule has 0 bridgehead atoms. The van der Waals surface area contributed by atoms with E-state index in [4.69, 9.17) is 4.74 Å². The van der Waals surface area contributed by atoms with Crippen molar-refractivity contribution in [2.75, 3.05) is 7.05 Å². The second-order valence-electron chi connectivity index (χ2n) is 5.62. The van der Waals surface area contributed by atoms with E-state index in [1.54, 1.807) is 6.92 Å².